The Hall–Kier alpha value is -0.0400. The van der Waals surface area contributed by atoms with Crippen LogP contribution in [-0.2, 0) is 0 Å². The molecule has 2 aliphatic rings. The quantitative estimate of drug-likeness (QED) is 0.403. The van der Waals surface area contributed by atoms with Gasteiger partial charge in [-0.15, -0.1) is 24.0 Å². The van der Waals surface area contributed by atoms with Crippen LogP contribution in [0.4, 0.5) is 0 Å². The minimum Gasteiger partial charge on any atom is -0.356 e. The Morgan fingerprint density at radius 1 is 1.09 bits per heavy atom. The van der Waals surface area contributed by atoms with Gasteiger partial charge >= 0.3 is 0 Å². The van der Waals surface area contributed by atoms with Crippen LogP contribution in [0, 0.1) is 11.8 Å². The zero-order valence-electron chi connectivity index (χ0n) is 15.5. The molecule has 1 heterocycles. The number of halogens is 1. The molecule has 0 aromatic rings. The Morgan fingerprint density at radius 3 is 2.22 bits per heavy atom. The van der Waals surface area contributed by atoms with E-state index in [-0.39, 0.29) is 24.0 Å². The maximum absolute atomic E-state index is 4.42. The van der Waals surface area contributed by atoms with Gasteiger partial charge in [-0.3, -0.25) is 4.99 Å². The Kier molecular flexibility index (Phi) is 9.82. The van der Waals surface area contributed by atoms with Crippen molar-refractivity contribution in [2.75, 3.05) is 26.7 Å². The third kappa shape index (κ3) is 7.16. The number of rotatable bonds is 4. The van der Waals surface area contributed by atoms with E-state index in [1.54, 1.807) is 0 Å². The molecule has 0 atom stereocenters. The SMILES string of the molecule is CN=C(NCC1CCC(C)CC1)NC1CCN(C(C)C)CC1.I. The Bertz CT molecular complexity index is 343. The average molecular weight is 436 g/mol. The van der Waals surface area contributed by atoms with E-state index in [4.69, 9.17) is 0 Å². The number of aliphatic imine (C=N–C) groups is 1. The summed E-state index contributed by atoms with van der Waals surface area (Å²) in [4.78, 5) is 6.98. The number of nitrogens with one attached hydrogen (secondary N) is 2. The van der Waals surface area contributed by atoms with Gasteiger partial charge in [0, 0.05) is 38.8 Å². The highest BCUT2D eigenvalue weighted by atomic mass is 127. The summed E-state index contributed by atoms with van der Waals surface area (Å²) in [5.41, 5.74) is 0. The van der Waals surface area contributed by atoms with Gasteiger partial charge in [0.1, 0.15) is 0 Å². The topological polar surface area (TPSA) is 39.7 Å². The molecule has 5 heteroatoms. The second kappa shape index (κ2) is 10.7. The van der Waals surface area contributed by atoms with Crippen molar-refractivity contribution in [3.8, 4) is 0 Å². The van der Waals surface area contributed by atoms with Gasteiger partial charge in [0.15, 0.2) is 5.96 Å². The Labute approximate surface area is 160 Å². The molecule has 0 spiro atoms. The summed E-state index contributed by atoms with van der Waals surface area (Å²) in [6.45, 7) is 10.4. The molecule has 1 saturated heterocycles. The molecule has 2 N–H and O–H groups in total. The maximum atomic E-state index is 4.42. The van der Waals surface area contributed by atoms with Gasteiger partial charge in [-0.1, -0.05) is 19.8 Å². The molecule has 0 aromatic carbocycles. The van der Waals surface area contributed by atoms with E-state index in [1.807, 2.05) is 7.05 Å². The van der Waals surface area contributed by atoms with Crippen LogP contribution in [0.15, 0.2) is 4.99 Å². The highest BCUT2D eigenvalue weighted by Gasteiger charge is 2.22. The molecule has 0 amide bonds. The molecule has 0 bridgehead atoms. The van der Waals surface area contributed by atoms with Crippen molar-refractivity contribution in [3.05, 3.63) is 0 Å². The first-order valence-corrected chi connectivity index (χ1v) is 9.29. The van der Waals surface area contributed by atoms with E-state index in [0.29, 0.717) is 12.1 Å². The lowest BCUT2D eigenvalue weighted by atomic mass is 9.83. The van der Waals surface area contributed by atoms with E-state index < -0.39 is 0 Å². The maximum Gasteiger partial charge on any atom is 0.191 e. The van der Waals surface area contributed by atoms with Crippen molar-refractivity contribution in [2.24, 2.45) is 16.8 Å². The first-order valence-electron chi connectivity index (χ1n) is 9.29. The predicted octanol–water partition coefficient (Wildman–Crippen LogP) is 3.47. The van der Waals surface area contributed by atoms with Crippen LogP contribution in [0.1, 0.15) is 59.3 Å². The Balaban J connectivity index is 0.00000264. The van der Waals surface area contributed by atoms with Crippen molar-refractivity contribution < 1.29 is 0 Å². The third-order valence-electron chi connectivity index (χ3n) is 5.52. The fourth-order valence-corrected chi connectivity index (χ4v) is 3.72. The normalized spacial score (nSPS) is 27.6. The molecule has 23 heavy (non-hydrogen) atoms. The van der Waals surface area contributed by atoms with E-state index in [1.165, 1.54) is 51.6 Å². The van der Waals surface area contributed by atoms with Crippen LogP contribution in [0.25, 0.3) is 0 Å². The van der Waals surface area contributed by atoms with E-state index in [0.717, 1.165) is 24.3 Å². The molecule has 2 fully saturated rings. The zero-order valence-corrected chi connectivity index (χ0v) is 17.8. The smallest absolute Gasteiger partial charge is 0.191 e. The van der Waals surface area contributed by atoms with Gasteiger partial charge in [-0.2, -0.15) is 0 Å². The average Bonchev–Trinajstić information content (AvgIpc) is 2.53. The van der Waals surface area contributed by atoms with Gasteiger partial charge in [0.2, 0.25) is 0 Å². The van der Waals surface area contributed by atoms with Crippen molar-refractivity contribution in [1.29, 1.82) is 0 Å². The van der Waals surface area contributed by atoms with Crippen LogP contribution in [0.2, 0.25) is 0 Å². The second-order valence-electron chi connectivity index (χ2n) is 7.63. The summed E-state index contributed by atoms with van der Waals surface area (Å²) in [5, 5.41) is 7.19. The lowest BCUT2D eigenvalue weighted by Crippen LogP contribution is -2.50. The third-order valence-corrected chi connectivity index (χ3v) is 5.52. The highest BCUT2D eigenvalue weighted by molar-refractivity contribution is 14.0. The van der Waals surface area contributed by atoms with E-state index >= 15 is 0 Å². The molecule has 4 nitrogen and oxygen atoms in total. The van der Waals surface area contributed by atoms with Crippen LogP contribution < -0.4 is 10.6 Å². The van der Waals surface area contributed by atoms with Crippen molar-refractivity contribution in [2.45, 2.75) is 71.4 Å². The van der Waals surface area contributed by atoms with Crippen LogP contribution >= 0.6 is 24.0 Å². The summed E-state index contributed by atoms with van der Waals surface area (Å²) >= 11 is 0. The number of piperidine rings is 1. The molecular formula is C18H37IN4. The fourth-order valence-electron chi connectivity index (χ4n) is 3.72. The molecule has 1 aliphatic heterocycles. The van der Waals surface area contributed by atoms with Gasteiger partial charge in [0.05, 0.1) is 0 Å². The molecule has 1 saturated carbocycles. The molecule has 0 radical (unpaired) electrons. The fraction of sp³-hybridized carbons (Fsp3) is 0.944. The van der Waals surface area contributed by atoms with Gasteiger partial charge in [-0.25, -0.2) is 0 Å². The molecular weight excluding hydrogens is 399 g/mol. The highest BCUT2D eigenvalue weighted by Crippen LogP contribution is 2.27. The zero-order chi connectivity index (χ0) is 15.9. The lowest BCUT2D eigenvalue weighted by molar-refractivity contribution is 0.167. The molecule has 1 aliphatic carbocycles. The monoisotopic (exact) mass is 436 g/mol. The lowest BCUT2D eigenvalue weighted by Gasteiger charge is -2.35. The minimum atomic E-state index is 0. The van der Waals surface area contributed by atoms with E-state index in [9.17, 15) is 0 Å². The summed E-state index contributed by atoms with van der Waals surface area (Å²) in [6.07, 6.45) is 7.98. The molecule has 0 unspecified atom stereocenters. The molecule has 136 valence electrons. The number of guanidine groups is 1. The van der Waals surface area contributed by atoms with Crippen LogP contribution in [0.3, 0.4) is 0 Å². The van der Waals surface area contributed by atoms with Crippen molar-refractivity contribution >= 4 is 29.9 Å². The van der Waals surface area contributed by atoms with E-state index in [2.05, 4.69) is 41.3 Å². The van der Waals surface area contributed by atoms with Crippen LogP contribution in [-0.4, -0.2) is 49.6 Å². The number of nitrogens with zero attached hydrogens (tertiary/aromatic N) is 2. The standard InChI is InChI=1S/C18H36N4.HI/c1-14(2)22-11-9-17(10-12-22)21-18(19-4)20-13-16-7-5-15(3)6-8-16;/h14-17H,5-13H2,1-4H3,(H2,19,20,21);1H. The summed E-state index contributed by atoms with van der Waals surface area (Å²) in [7, 11) is 1.89. The summed E-state index contributed by atoms with van der Waals surface area (Å²) < 4.78 is 0. The molecule has 2 rings (SSSR count). The minimum absolute atomic E-state index is 0. The number of hydrogen-bond donors (Lipinski definition) is 2. The predicted molar refractivity (Wildman–Crippen MR) is 111 cm³/mol. The van der Waals surface area contributed by atoms with Gasteiger partial charge in [-0.05, 0) is 51.4 Å². The van der Waals surface area contributed by atoms with Gasteiger partial charge < -0.3 is 15.5 Å². The van der Waals surface area contributed by atoms with Crippen LogP contribution in [0.5, 0.6) is 0 Å². The summed E-state index contributed by atoms with van der Waals surface area (Å²) in [5.74, 6) is 2.76. The van der Waals surface area contributed by atoms with Gasteiger partial charge in [0.25, 0.3) is 0 Å². The second-order valence-corrected chi connectivity index (χ2v) is 7.63. The number of likely N-dealkylation sites (tertiary alicyclic amines) is 1. The largest absolute Gasteiger partial charge is 0.356 e. The van der Waals surface area contributed by atoms with Crippen molar-refractivity contribution in [3.63, 3.8) is 0 Å². The molecule has 0 aromatic heterocycles. The summed E-state index contributed by atoms with van der Waals surface area (Å²) in [6, 6.07) is 1.25. The Morgan fingerprint density at radius 2 is 1.70 bits per heavy atom. The first kappa shape index (κ1) is 21.0. The first-order chi connectivity index (χ1) is 10.6. The van der Waals surface area contributed by atoms with Crippen molar-refractivity contribution in [1.82, 2.24) is 15.5 Å². The number of hydrogen-bond acceptors (Lipinski definition) is 2.